The summed E-state index contributed by atoms with van der Waals surface area (Å²) in [6, 6.07) is 3.12. The second-order valence-electron chi connectivity index (χ2n) is 4.14. The van der Waals surface area contributed by atoms with E-state index in [1.54, 1.807) is 6.92 Å². The molecule has 112 valence electrons. The predicted octanol–water partition coefficient (Wildman–Crippen LogP) is 0.222. The van der Waals surface area contributed by atoms with Gasteiger partial charge in [0.15, 0.2) is 0 Å². The molecule has 0 fully saturated rings. The summed E-state index contributed by atoms with van der Waals surface area (Å²) < 4.78 is 37.4. The summed E-state index contributed by atoms with van der Waals surface area (Å²) in [5.74, 6) is 0. The second-order valence-corrected chi connectivity index (χ2v) is 7.68. The summed E-state index contributed by atoms with van der Waals surface area (Å²) in [6.07, 6.45) is 1.47. The van der Waals surface area contributed by atoms with Crippen molar-refractivity contribution in [3.8, 4) is 0 Å². The highest BCUT2D eigenvalue weighted by Gasteiger charge is 2.21. The average molecular weight is 321 g/mol. The van der Waals surface area contributed by atoms with E-state index in [0.29, 0.717) is 0 Å². The number of non-ortho nitro benzene ring substituents is 1. The van der Waals surface area contributed by atoms with Gasteiger partial charge in [0.05, 0.1) is 10.6 Å². The van der Waals surface area contributed by atoms with E-state index >= 15 is 0 Å². The van der Waals surface area contributed by atoms with E-state index in [1.165, 1.54) is 6.26 Å². The molecule has 3 N–H and O–H groups in total. The van der Waals surface area contributed by atoms with Crippen LogP contribution in [-0.4, -0.2) is 35.6 Å². The fourth-order valence-corrected chi connectivity index (χ4v) is 2.98. The number of nitrogens with one attached hydrogen (secondary N) is 1. The van der Waals surface area contributed by atoms with Crippen molar-refractivity contribution in [1.82, 2.24) is 4.72 Å². The molecule has 0 heterocycles. The zero-order chi connectivity index (χ0) is 15.5. The van der Waals surface area contributed by atoms with Gasteiger partial charge in [0, 0.05) is 41.0 Å². The van der Waals surface area contributed by atoms with Crippen LogP contribution in [-0.2, 0) is 20.8 Å². The number of benzene rings is 1. The highest BCUT2D eigenvalue weighted by atomic mass is 32.2. The molecule has 0 saturated heterocycles. The molecule has 1 aromatic rings. The number of nitrogen functional groups attached to an aromatic ring is 1. The van der Waals surface area contributed by atoms with Crippen LogP contribution in [0.15, 0.2) is 23.1 Å². The van der Waals surface area contributed by atoms with Crippen LogP contribution in [0.2, 0.25) is 0 Å². The van der Waals surface area contributed by atoms with Gasteiger partial charge in [-0.3, -0.25) is 14.3 Å². The third-order valence-corrected chi connectivity index (χ3v) is 5.42. The lowest BCUT2D eigenvalue weighted by molar-refractivity contribution is -0.384. The fraction of sp³-hybridized carbons (Fsp3) is 0.400. The molecule has 0 aliphatic rings. The highest BCUT2D eigenvalue weighted by Crippen LogP contribution is 2.23. The quantitative estimate of drug-likeness (QED) is 0.437. The summed E-state index contributed by atoms with van der Waals surface area (Å²) in [6.45, 7) is 1.62. The maximum Gasteiger partial charge on any atom is 0.271 e. The van der Waals surface area contributed by atoms with Gasteiger partial charge in [0.25, 0.3) is 5.69 Å². The minimum atomic E-state index is -3.89. The third kappa shape index (κ3) is 3.99. The molecule has 20 heavy (non-hydrogen) atoms. The van der Waals surface area contributed by atoms with Gasteiger partial charge < -0.3 is 5.73 Å². The largest absolute Gasteiger partial charge is 0.397 e. The molecule has 0 radical (unpaired) electrons. The molecular formula is C10H15N3O5S2. The topological polar surface area (TPSA) is 132 Å². The molecule has 0 aliphatic carbocycles. The number of sulfonamides is 1. The van der Waals surface area contributed by atoms with Gasteiger partial charge in [-0.25, -0.2) is 13.1 Å². The van der Waals surface area contributed by atoms with Gasteiger partial charge in [-0.05, 0) is 13.0 Å². The van der Waals surface area contributed by atoms with Crippen LogP contribution in [0.25, 0.3) is 0 Å². The average Bonchev–Trinajstić information content (AvgIpc) is 2.35. The molecule has 2 atom stereocenters. The molecular weight excluding hydrogens is 306 g/mol. The molecule has 0 amide bonds. The first-order chi connectivity index (χ1) is 9.15. The molecule has 1 aromatic carbocycles. The van der Waals surface area contributed by atoms with E-state index in [1.807, 2.05) is 0 Å². The van der Waals surface area contributed by atoms with Gasteiger partial charge in [0.1, 0.15) is 4.90 Å². The zero-order valence-electron chi connectivity index (χ0n) is 10.9. The number of nitrogens with two attached hydrogens (primary N) is 1. The van der Waals surface area contributed by atoms with E-state index in [2.05, 4.69) is 4.72 Å². The minimum absolute atomic E-state index is 0.0120. The Morgan fingerprint density at radius 1 is 1.50 bits per heavy atom. The Bertz CT molecular complexity index is 644. The second kappa shape index (κ2) is 6.29. The van der Waals surface area contributed by atoms with Crippen molar-refractivity contribution < 1.29 is 17.6 Å². The summed E-state index contributed by atoms with van der Waals surface area (Å²) in [5.41, 5.74) is 5.03. The minimum Gasteiger partial charge on any atom is -0.397 e. The first-order valence-electron chi connectivity index (χ1n) is 5.51. The van der Waals surface area contributed by atoms with E-state index in [4.69, 9.17) is 5.73 Å². The van der Waals surface area contributed by atoms with Gasteiger partial charge in [-0.2, -0.15) is 0 Å². The van der Waals surface area contributed by atoms with Crippen LogP contribution in [0.3, 0.4) is 0 Å². The number of nitro benzene ring substituents is 1. The maximum atomic E-state index is 12.0. The standard InChI is InChI=1S/C10H15N3O5S2/c1-7(19(2)16)6-12-20(17,18)10-4-3-8(13(14)15)5-9(10)11/h3-5,7,12H,6,11H2,1-2H3. The Hall–Kier alpha value is -1.52. The van der Waals surface area contributed by atoms with Crippen LogP contribution < -0.4 is 10.5 Å². The van der Waals surface area contributed by atoms with Crippen molar-refractivity contribution in [2.45, 2.75) is 17.1 Å². The first kappa shape index (κ1) is 16.5. The lowest BCUT2D eigenvalue weighted by atomic mass is 10.3. The molecule has 2 unspecified atom stereocenters. The predicted molar refractivity (Wildman–Crippen MR) is 76.2 cm³/mol. The van der Waals surface area contributed by atoms with E-state index in [9.17, 15) is 22.7 Å². The van der Waals surface area contributed by atoms with Crippen molar-refractivity contribution in [1.29, 1.82) is 0 Å². The maximum absolute atomic E-state index is 12.0. The van der Waals surface area contributed by atoms with Crippen molar-refractivity contribution in [2.75, 3.05) is 18.5 Å². The summed E-state index contributed by atoms with van der Waals surface area (Å²) >= 11 is 0. The monoisotopic (exact) mass is 321 g/mol. The molecule has 0 bridgehead atoms. The van der Waals surface area contributed by atoms with Crippen LogP contribution >= 0.6 is 0 Å². The summed E-state index contributed by atoms with van der Waals surface area (Å²) in [7, 11) is -5.06. The van der Waals surface area contributed by atoms with E-state index < -0.39 is 25.7 Å². The summed E-state index contributed by atoms with van der Waals surface area (Å²) in [5, 5.41) is 10.2. The molecule has 1 rings (SSSR count). The van der Waals surface area contributed by atoms with Crippen molar-refractivity contribution in [3.05, 3.63) is 28.3 Å². The van der Waals surface area contributed by atoms with Crippen LogP contribution in [0.5, 0.6) is 0 Å². The lowest BCUT2D eigenvalue weighted by Crippen LogP contribution is -2.33. The summed E-state index contributed by atoms with van der Waals surface area (Å²) in [4.78, 5) is 9.65. The molecule has 0 spiro atoms. The number of nitrogens with zero attached hydrogens (tertiary/aromatic N) is 1. The number of anilines is 1. The van der Waals surface area contributed by atoms with Gasteiger partial charge in [0.2, 0.25) is 10.0 Å². The Morgan fingerprint density at radius 2 is 2.10 bits per heavy atom. The Kier molecular flexibility index (Phi) is 5.20. The fourth-order valence-electron chi connectivity index (χ4n) is 1.32. The van der Waals surface area contributed by atoms with Gasteiger partial charge >= 0.3 is 0 Å². The highest BCUT2D eigenvalue weighted by molar-refractivity contribution is 7.89. The van der Waals surface area contributed by atoms with E-state index in [-0.39, 0.29) is 28.1 Å². The number of rotatable bonds is 6. The Morgan fingerprint density at radius 3 is 2.55 bits per heavy atom. The third-order valence-electron chi connectivity index (χ3n) is 2.62. The van der Waals surface area contributed by atoms with Crippen molar-refractivity contribution in [2.24, 2.45) is 0 Å². The first-order valence-corrected chi connectivity index (χ1v) is 8.61. The van der Waals surface area contributed by atoms with Crippen LogP contribution in [0, 0.1) is 10.1 Å². The smallest absolute Gasteiger partial charge is 0.271 e. The van der Waals surface area contributed by atoms with E-state index in [0.717, 1.165) is 18.2 Å². The van der Waals surface area contributed by atoms with Gasteiger partial charge in [-0.15, -0.1) is 0 Å². The molecule has 0 aromatic heterocycles. The van der Waals surface area contributed by atoms with Crippen LogP contribution in [0.1, 0.15) is 6.92 Å². The normalized spacial score (nSPS) is 14.7. The number of hydrogen-bond acceptors (Lipinski definition) is 6. The molecule has 0 saturated carbocycles. The van der Waals surface area contributed by atoms with Crippen molar-refractivity contribution >= 4 is 32.2 Å². The van der Waals surface area contributed by atoms with Crippen LogP contribution in [0.4, 0.5) is 11.4 Å². The lowest BCUT2D eigenvalue weighted by Gasteiger charge is -2.11. The molecule has 0 aliphatic heterocycles. The molecule has 10 heteroatoms. The van der Waals surface area contributed by atoms with Gasteiger partial charge in [-0.1, -0.05) is 0 Å². The van der Waals surface area contributed by atoms with Crippen molar-refractivity contribution in [3.63, 3.8) is 0 Å². The Labute approximate surface area is 119 Å². The Balaban J connectivity index is 2.99. The SMILES string of the molecule is CC(CNS(=O)(=O)c1ccc([N+](=O)[O-])cc1N)S(C)=O. The number of hydrogen-bond donors (Lipinski definition) is 2. The zero-order valence-corrected chi connectivity index (χ0v) is 12.5. The molecule has 8 nitrogen and oxygen atoms in total. The number of nitro groups is 1.